The molecular weight excluding hydrogens is 185 g/mol. The molecule has 0 aromatic carbocycles. The van der Waals surface area contributed by atoms with Crippen molar-refractivity contribution in [1.29, 1.82) is 0 Å². The van der Waals surface area contributed by atoms with E-state index in [2.05, 4.69) is 38.8 Å². The summed E-state index contributed by atoms with van der Waals surface area (Å²) in [5.41, 5.74) is 0. The monoisotopic (exact) mass is 197 g/mol. The second kappa shape index (κ2) is 4.41. The van der Waals surface area contributed by atoms with Crippen LogP contribution in [-0.2, 0) is 32.7 Å². The second-order valence-electron chi connectivity index (χ2n) is 2.49. The average Bonchev–Trinajstić information content (AvgIpc) is 1.77. The van der Waals surface area contributed by atoms with Crippen LogP contribution in [0.15, 0.2) is 12.2 Å². The van der Waals surface area contributed by atoms with Crippen LogP contribution in [-0.4, -0.2) is 0 Å². The molecule has 0 aromatic heterocycles. The van der Waals surface area contributed by atoms with Crippen LogP contribution in [0.25, 0.3) is 0 Å². The van der Waals surface area contributed by atoms with Crippen LogP contribution in [0.1, 0.15) is 13.8 Å². The van der Waals surface area contributed by atoms with Crippen LogP contribution in [0.4, 0.5) is 0 Å². The predicted octanol–water partition coefficient (Wildman–Crippen LogP) is 2.23. The van der Waals surface area contributed by atoms with Crippen LogP contribution < -0.4 is 0 Å². The van der Waals surface area contributed by atoms with Gasteiger partial charge in [-0.2, -0.15) is 0 Å². The molecule has 0 N–H and O–H groups in total. The second-order valence-corrected chi connectivity index (χ2v) is 2.49. The zero-order valence-electron chi connectivity index (χ0n) is 6.04. The Hall–Kier alpha value is 0.584. The van der Waals surface area contributed by atoms with Gasteiger partial charge in [0, 0.05) is 32.7 Å². The predicted molar refractivity (Wildman–Crippen MR) is 36.1 cm³/mol. The van der Waals surface area contributed by atoms with E-state index in [0.29, 0.717) is 0 Å². The van der Waals surface area contributed by atoms with Gasteiger partial charge in [0.05, 0.1) is 0 Å². The SMILES string of the molecule is CC1[CH-]C=C[CH-]C1C.[Y]. The molecule has 1 aliphatic rings. The minimum atomic E-state index is 0. The minimum Gasteiger partial charge on any atom is -0.378 e. The fraction of sp³-hybridized carbons (Fsp3) is 0.500. The normalized spacial score (nSPS) is 31.8. The molecule has 1 rings (SSSR count). The van der Waals surface area contributed by atoms with Crippen LogP contribution in [0.3, 0.4) is 0 Å². The maximum Gasteiger partial charge on any atom is 0 e. The van der Waals surface area contributed by atoms with E-state index in [-0.39, 0.29) is 32.7 Å². The van der Waals surface area contributed by atoms with Gasteiger partial charge in [-0.15, -0.1) is 11.8 Å². The topological polar surface area (TPSA) is 0 Å². The maximum absolute atomic E-state index is 2.24. The van der Waals surface area contributed by atoms with Crippen LogP contribution >= 0.6 is 0 Å². The van der Waals surface area contributed by atoms with E-state index in [9.17, 15) is 0 Å². The van der Waals surface area contributed by atoms with Gasteiger partial charge in [-0.25, -0.2) is 0 Å². The summed E-state index contributed by atoms with van der Waals surface area (Å²) in [5.74, 6) is 1.47. The molecule has 1 aliphatic carbocycles. The Morgan fingerprint density at radius 2 is 1.33 bits per heavy atom. The number of rotatable bonds is 0. The summed E-state index contributed by atoms with van der Waals surface area (Å²) in [6.45, 7) is 4.48. The van der Waals surface area contributed by atoms with Crippen molar-refractivity contribution in [2.45, 2.75) is 13.8 Å². The standard InChI is InChI=1S/C8H12.Y/c1-7-5-3-4-6-8(7)2;/h3-8H,1-2H3;/q-2;. The smallest absolute Gasteiger partial charge is 0 e. The summed E-state index contributed by atoms with van der Waals surface area (Å²) < 4.78 is 0. The van der Waals surface area contributed by atoms with E-state index in [1.807, 2.05) is 0 Å². The Kier molecular flexibility index (Phi) is 4.69. The van der Waals surface area contributed by atoms with Crippen molar-refractivity contribution in [2.75, 3.05) is 0 Å². The van der Waals surface area contributed by atoms with Gasteiger partial charge in [-0.3, -0.25) is 0 Å². The molecule has 0 spiro atoms. The van der Waals surface area contributed by atoms with E-state index in [0.717, 1.165) is 11.8 Å². The van der Waals surface area contributed by atoms with Crippen molar-refractivity contribution in [2.24, 2.45) is 11.8 Å². The molecule has 49 valence electrons. The van der Waals surface area contributed by atoms with E-state index in [4.69, 9.17) is 0 Å². The summed E-state index contributed by atoms with van der Waals surface area (Å²) in [7, 11) is 0. The molecule has 0 bridgehead atoms. The van der Waals surface area contributed by atoms with Crippen molar-refractivity contribution in [3.63, 3.8) is 0 Å². The first-order valence-electron chi connectivity index (χ1n) is 3.15. The van der Waals surface area contributed by atoms with E-state index in [1.165, 1.54) is 0 Å². The molecule has 0 heterocycles. The first-order chi connectivity index (χ1) is 3.80. The molecule has 9 heavy (non-hydrogen) atoms. The molecule has 0 aliphatic heterocycles. The zero-order chi connectivity index (χ0) is 5.98. The van der Waals surface area contributed by atoms with Crippen LogP contribution in [0.2, 0.25) is 0 Å². The van der Waals surface area contributed by atoms with Gasteiger partial charge in [0.15, 0.2) is 0 Å². The van der Waals surface area contributed by atoms with Crippen molar-refractivity contribution < 1.29 is 32.7 Å². The fourth-order valence-corrected chi connectivity index (χ4v) is 0.829. The summed E-state index contributed by atoms with van der Waals surface area (Å²) in [6, 6.07) is 0. The molecule has 0 amide bonds. The van der Waals surface area contributed by atoms with E-state index >= 15 is 0 Å². The van der Waals surface area contributed by atoms with E-state index in [1.54, 1.807) is 0 Å². The molecule has 0 saturated carbocycles. The first kappa shape index (κ1) is 9.58. The molecule has 1 heteroatoms. The Morgan fingerprint density at radius 3 is 1.56 bits per heavy atom. The third-order valence-electron chi connectivity index (χ3n) is 1.77. The largest absolute Gasteiger partial charge is 0.378 e. The molecular formula is C8H12Y-2. The molecule has 1 radical (unpaired) electrons. The molecule has 2 atom stereocenters. The molecule has 2 unspecified atom stereocenters. The van der Waals surface area contributed by atoms with Crippen molar-refractivity contribution in [3.05, 3.63) is 25.0 Å². The maximum atomic E-state index is 2.24. The summed E-state index contributed by atoms with van der Waals surface area (Å²) >= 11 is 0. The molecule has 0 aromatic rings. The van der Waals surface area contributed by atoms with Gasteiger partial charge < -0.3 is 25.0 Å². The van der Waals surface area contributed by atoms with Crippen LogP contribution in [0, 0.1) is 24.7 Å². The van der Waals surface area contributed by atoms with E-state index < -0.39 is 0 Å². The van der Waals surface area contributed by atoms with Gasteiger partial charge >= 0.3 is 0 Å². The summed E-state index contributed by atoms with van der Waals surface area (Å²) in [5, 5.41) is 0. The zero-order valence-corrected chi connectivity index (χ0v) is 8.88. The third-order valence-corrected chi connectivity index (χ3v) is 1.77. The third kappa shape index (κ3) is 2.77. The number of hydrogen-bond donors (Lipinski definition) is 0. The number of hydrogen-bond acceptors (Lipinski definition) is 0. The van der Waals surface area contributed by atoms with Crippen molar-refractivity contribution in [3.8, 4) is 0 Å². The quantitative estimate of drug-likeness (QED) is 0.522. The summed E-state index contributed by atoms with van der Waals surface area (Å²) in [6.07, 6.45) is 8.71. The fourth-order valence-electron chi connectivity index (χ4n) is 0.829. The average molecular weight is 197 g/mol. The first-order valence-corrected chi connectivity index (χ1v) is 3.15. The Balaban J connectivity index is 0.000000640. The van der Waals surface area contributed by atoms with Gasteiger partial charge in [0.25, 0.3) is 0 Å². The Bertz CT molecular complexity index is 84.7. The van der Waals surface area contributed by atoms with Crippen molar-refractivity contribution in [1.82, 2.24) is 0 Å². The number of allylic oxidation sites excluding steroid dienone is 2. The summed E-state index contributed by atoms with van der Waals surface area (Å²) in [4.78, 5) is 0. The van der Waals surface area contributed by atoms with Gasteiger partial charge in [-0.05, 0) is 0 Å². The molecule has 0 saturated heterocycles. The van der Waals surface area contributed by atoms with Crippen molar-refractivity contribution >= 4 is 0 Å². The Labute approximate surface area is 83.0 Å². The Morgan fingerprint density at radius 1 is 1.00 bits per heavy atom. The molecule has 0 fully saturated rings. The van der Waals surface area contributed by atoms with Gasteiger partial charge in [-0.1, -0.05) is 13.8 Å². The van der Waals surface area contributed by atoms with Gasteiger partial charge in [0.1, 0.15) is 0 Å². The molecule has 0 nitrogen and oxygen atoms in total. The van der Waals surface area contributed by atoms with Crippen LogP contribution in [0.5, 0.6) is 0 Å². The minimum absolute atomic E-state index is 0. The van der Waals surface area contributed by atoms with Gasteiger partial charge in [0.2, 0.25) is 0 Å².